The molecule has 1 heterocycles. The fourth-order valence-electron chi connectivity index (χ4n) is 1.42. The summed E-state index contributed by atoms with van der Waals surface area (Å²) >= 11 is 0. The van der Waals surface area contributed by atoms with Gasteiger partial charge in [-0.3, -0.25) is 0 Å². The third kappa shape index (κ3) is 5.59. The van der Waals surface area contributed by atoms with Gasteiger partial charge in [0, 0.05) is 31.3 Å². The van der Waals surface area contributed by atoms with Crippen molar-refractivity contribution in [1.82, 2.24) is 20.6 Å². The Morgan fingerprint density at radius 1 is 1.58 bits per heavy atom. The number of carbonyl (C=O) groups is 2. The maximum absolute atomic E-state index is 11.5. The summed E-state index contributed by atoms with van der Waals surface area (Å²) in [5.41, 5.74) is 0.639. The Hall–Kier alpha value is -2.49. The van der Waals surface area contributed by atoms with Gasteiger partial charge in [0.05, 0.1) is 6.33 Å². The number of aromatic nitrogens is 2. The summed E-state index contributed by atoms with van der Waals surface area (Å²) in [7, 11) is 0. The van der Waals surface area contributed by atoms with Crippen LogP contribution < -0.4 is 10.6 Å². The van der Waals surface area contributed by atoms with Gasteiger partial charge in [-0.15, -0.1) is 12.3 Å². The molecule has 1 atom stereocenters. The van der Waals surface area contributed by atoms with Gasteiger partial charge in [0.25, 0.3) is 0 Å². The zero-order valence-corrected chi connectivity index (χ0v) is 10.3. The SMILES string of the molecule is C#CCCCNC(=O)N[C@@H](Cc1cnc[nH]1)C(=O)O. The fraction of sp³-hybridized carbons (Fsp3) is 0.417. The number of carboxylic acids is 1. The third-order valence-corrected chi connectivity index (χ3v) is 2.37. The first-order valence-electron chi connectivity index (χ1n) is 5.81. The number of aromatic amines is 1. The van der Waals surface area contributed by atoms with Gasteiger partial charge >= 0.3 is 12.0 Å². The summed E-state index contributed by atoms with van der Waals surface area (Å²) in [5, 5.41) is 14.0. The Balaban J connectivity index is 2.39. The second-order valence-electron chi connectivity index (χ2n) is 3.88. The minimum absolute atomic E-state index is 0.146. The molecule has 2 amide bonds. The number of amides is 2. The van der Waals surface area contributed by atoms with Gasteiger partial charge in [-0.05, 0) is 6.42 Å². The topological polar surface area (TPSA) is 107 Å². The van der Waals surface area contributed by atoms with Gasteiger partial charge in [0.1, 0.15) is 6.04 Å². The second-order valence-corrected chi connectivity index (χ2v) is 3.88. The summed E-state index contributed by atoms with van der Waals surface area (Å²) in [6.07, 6.45) is 9.41. The van der Waals surface area contributed by atoms with Crippen molar-refractivity contribution in [1.29, 1.82) is 0 Å². The van der Waals surface area contributed by atoms with E-state index in [9.17, 15) is 9.59 Å². The standard InChI is InChI=1S/C12H16N4O3/c1-2-3-4-5-14-12(19)16-10(11(17)18)6-9-7-13-8-15-9/h1,7-8,10H,3-6H2,(H,13,15)(H,17,18)(H2,14,16,19)/t10-/m0/s1. The monoisotopic (exact) mass is 264 g/mol. The third-order valence-electron chi connectivity index (χ3n) is 2.37. The van der Waals surface area contributed by atoms with Crippen LogP contribution in [0.4, 0.5) is 4.79 Å². The van der Waals surface area contributed by atoms with Gasteiger partial charge in [0.2, 0.25) is 0 Å². The van der Waals surface area contributed by atoms with Crippen LogP contribution >= 0.6 is 0 Å². The molecule has 19 heavy (non-hydrogen) atoms. The Morgan fingerprint density at radius 2 is 2.37 bits per heavy atom. The first kappa shape index (κ1) is 14.6. The lowest BCUT2D eigenvalue weighted by Crippen LogP contribution is -2.47. The minimum atomic E-state index is -1.10. The van der Waals surface area contributed by atoms with Crippen molar-refractivity contribution < 1.29 is 14.7 Å². The number of H-pyrrole nitrogens is 1. The fourth-order valence-corrected chi connectivity index (χ4v) is 1.42. The predicted molar refractivity (Wildman–Crippen MR) is 68.3 cm³/mol. The molecule has 0 saturated carbocycles. The van der Waals surface area contributed by atoms with Crippen LogP contribution in [-0.2, 0) is 11.2 Å². The Kier molecular flexibility index (Phi) is 5.95. The maximum Gasteiger partial charge on any atom is 0.326 e. The number of hydrogen-bond acceptors (Lipinski definition) is 3. The number of rotatable bonds is 7. The van der Waals surface area contributed by atoms with Crippen LogP contribution in [0, 0.1) is 12.3 Å². The van der Waals surface area contributed by atoms with Crippen LogP contribution in [-0.4, -0.2) is 39.7 Å². The van der Waals surface area contributed by atoms with Gasteiger partial charge in [-0.25, -0.2) is 14.6 Å². The van der Waals surface area contributed by atoms with E-state index < -0.39 is 18.0 Å². The molecule has 7 nitrogen and oxygen atoms in total. The van der Waals surface area contributed by atoms with E-state index in [1.54, 1.807) is 0 Å². The number of nitrogens with zero attached hydrogens (tertiary/aromatic N) is 1. The number of nitrogens with one attached hydrogen (secondary N) is 3. The summed E-state index contributed by atoms with van der Waals surface area (Å²) in [5.74, 6) is 1.35. The average Bonchev–Trinajstić information content (AvgIpc) is 2.86. The predicted octanol–water partition coefficient (Wildman–Crippen LogP) is 0.118. The Bertz CT molecular complexity index is 450. The molecule has 1 aromatic rings. The van der Waals surface area contributed by atoms with Crippen molar-refractivity contribution in [3.05, 3.63) is 18.2 Å². The molecule has 1 aromatic heterocycles. The van der Waals surface area contributed by atoms with E-state index in [-0.39, 0.29) is 6.42 Å². The van der Waals surface area contributed by atoms with E-state index in [2.05, 4.69) is 26.5 Å². The number of unbranched alkanes of at least 4 members (excludes halogenated alkanes) is 1. The van der Waals surface area contributed by atoms with E-state index >= 15 is 0 Å². The van der Waals surface area contributed by atoms with Crippen LogP contribution in [0.2, 0.25) is 0 Å². The average molecular weight is 264 g/mol. The number of terminal acetylenes is 1. The maximum atomic E-state index is 11.5. The van der Waals surface area contributed by atoms with Crippen molar-refractivity contribution >= 4 is 12.0 Å². The number of carbonyl (C=O) groups excluding carboxylic acids is 1. The quantitative estimate of drug-likeness (QED) is 0.414. The molecule has 0 aliphatic heterocycles. The molecule has 0 bridgehead atoms. The zero-order chi connectivity index (χ0) is 14.1. The number of carboxylic acid groups (broad SMARTS) is 1. The van der Waals surface area contributed by atoms with Crippen molar-refractivity contribution in [3.63, 3.8) is 0 Å². The molecule has 0 radical (unpaired) electrons. The second kappa shape index (κ2) is 7.76. The lowest BCUT2D eigenvalue weighted by Gasteiger charge is -2.14. The molecule has 1 rings (SSSR count). The molecule has 0 spiro atoms. The van der Waals surface area contributed by atoms with E-state index in [0.717, 1.165) is 0 Å². The van der Waals surface area contributed by atoms with Gasteiger partial charge in [0.15, 0.2) is 0 Å². The van der Waals surface area contributed by atoms with Crippen molar-refractivity contribution in [2.75, 3.05) is 6.54 Å². The molecule has 0 unspecified atom stereocenters. The molecule has 7 heteroatoms. The summed E-state index contributed by atoms with van der Waals surface area (Å²) in [6.45, 7) is 0.409. The van der Waals surface area contributed by atoms with Crippen LogP contribution in [0.15, 0.2) is 12.5 Å². The lowest BCUT2D eigenvalue weighted by molar-refractivity contribution is -0.139. The highest BCUT2D eigenvalue weighted by molar-refractivity contribution is 5.82. The first-order chi connectivity index (χ1) is 9.13. The number of urea groups is 1. The van der Waals surface area contributed by atoms with Crippen molar-refractivity contribution in [2.24, 2.45) is 0 Å². The van der Waals surface area contributed by atoms with E-state index in [1.807, 2.05) is 0 Å². The summed E-state index contributed by atoms with van der Waals surface area (Å²) in [6, 6.07) is -1.53. The molecule has 0 aliphatic rings. The van der Waals surface area contributed by atoms with Crippen LogP contribution in [0.3, 0.4) is 0 Å². The summed E-state index contributed by atoms with van der Waals surface area (Å²) < 4.78 is 0. The normalized spacial score (nSPS) is 11.3. The molecular formula is C12H16N4O3. The molecular weight excluding hydrogens is 248 g/mol. The highest BCUT2D eigenvalue weighted by Gasteiger charge is 2.20. The molecule has 0 saturated heterocycles. The zero-order valence-electron chi connectivity index (χ0n) is 10.3. The highest BCUT2D eigenvalue weighted by atomic mass is 16.4. The van der Waals surface area contributed by atoms with Crippen molar-refractivity contribution in [3.8, 4) is 12.3 Å². The van der Waals surface area contributed by atoms with E-state index in [4.69, 9.17) is 11.5 Å². The van der Waals surface area contributed by atoms with Gasteiger partial charge < -0.3 is 20.7 Å². The molecule has 102 valence electrons. The Morgan fingerprint density at radius 3 is 2.95 bits per heavy atom. The smallest absolute Gasteiger partial charge is 0.326 e. The Labute approximate surface area is 110 Å². The van der Waals surface area contributed by atoms with Crippen molar-refractivity contribution in [2.45, 2.75) is 25.3 Å². The van der Waals surface area contributed by atoms with Gasteiger partial charge in [-0.2, -0.15) is 0 Å². The molecule has 0 fully saturated rings. The van der Waals surface area contributed by atoms with Crippen LogP contribution in [0.1, 0.15) is 18.5 Å². The van der Waals surface area contributed by atoms with E-state index in [0.29, 0.717) is 25.1 Å². The number of hydrogen-bond donors (Lipinski definition) is 4. The first-order valence-corrected chi connectivity index (χ1v) is 5.81. The summed E-state index contributed by atoms with van der Waals surface area (Å²) in [4.78, 5) is 29.1. The highest BCUT2D eigenvalue weighted by Crippen LogP contribution is 1.98. The van der Waals surface area contributed by atoms with Gasteiger partial charge in [-0.1, -0.05) is 0 Å². The number of imidazole rings is 1. The van der Waals surface area contributed by atoms with Crippen LogP contribution in [0.5, 0.6) is 0 Å². The van der Waals surface area contributed by atoms with Crippen LogP contribution in [0.25, 0.3) is 0 Å². The molecule has 0 aliphatic carbocycles. The van der Waals surface area contributed by atoms with E-state index in [1.165, 1.54) is 12.5 Å². The minimum Gasteiger partial charge on any atom is -0.480 e. The number of aliphatic carboxylic acids is 1. The molecule has 4 N–H and O–H groups in total. The molecule has 0 aromatic carbocycles. The largest absolute Gasteiger partial charge is 0.480 e. The lowest BCUT2D eigenvalue weighted by atomic mass is 10.2.